The third-order valence-corrected chi connectivity index (χ3v) is 1.68. The Hall–Kier alpha value is -1.12. The van der Waals surface area contributed by atoms with Crippen LogP contribution in [0.1, 0.15) is 13.8 Å². The number of aliphatic carboxylic acids is 1. The Morgan fingerprint density at radius 3 is 2.50 bits per heavy atom. The monoisotopic (exact) mass is 139 g/mol. The van der Waals surface area contributed by atoms with Crippen LogP contribution >= 0.6 is 0 Å². The van der Waals surface area contributed by atoms with Crippen LogP contribution in [0.15, 0.2) is 16.1 Å². The third-order valence-electron chi connectivity index (χ3n) is 1.68. The van der Waals surface area contributed by atoms with Crippen molar-refractivity contribution in [2.45, 2.75) is 19.9 Å². The van der Waals surface area contributed by atoms with Crippen LogP contribution in [-0.2, 0) is 4.79 Å². The summed E-state index contributed by atoms with van der Waals surface area (Å²) < 4.78 is 0. The van der Waals surface area contributed by atoms with Crippen molar-refractivity contribution < 1.29 is 9.90 Å². The van der Waals surface area contributed by atoms with E-state index in [2.05, 4.69) is 4.99 Å². The van der Waals surface area contributed by atoms with Crippen LogP contribution in [0.5, 0.6) is 0 Å². The number of carboxylic acids is 1. The average molecular weight is 139 g/mol. The Labute approximate surface area is 59.1 Å². The molecule has 3 nitrogen and oxygen atoms in total. The van der Waals surface area contributed by atoms with Gasteiger partial charge >= 0.3 is 5.97 Å². The molecule has 1 aliphatic heterocycles. The van der Waals surface area contributed by atoms with Gasteiger partial charge in [0, 0.05) is 6.21 Å². The molecule has 1 N–H and O–H groups in total. The van der Waals surface area contributed by atoms with Crippen molar-refractivity contribution in [1.29, 1.82) is 0 Å². The molecule has 0 amide bonds. The molecule has 0 aromatic carbocycles. The van der Waals surface area contributed by atoms with Crippen LogP contribution in [0.4, 0.5) is 0 Å². The largest absolute Gasteiger partial charge is 0.479 e. The molecule has 0 saturated carbocycles. The highest BCUT2D eigenvalue weighted by Crippen LogP contribution is 2.16. The summed E-state index contributed by atoms with van der Waals surface area (Å²) in [5.74, 6) is -0.870. The highest BCUT2D eigenvalue weighted by molar-refractivity contribution is 5.90. The Morgan fingerprint density at radius 2 is 2.30 bits per heavy atom. The minimum absolute atomic E-state index is 0.625. The number of rotatable bonds is 1. The highest BCUT2D eigenvalue weighted by atomic mass is 16.4. The van der Waals surface area contributed by atoms with Gasteiger partial charge in [0.2, 0.25) is 0 Å². The van der Waals surface area contributed by atoms with Gasteiger partial charge in [-0.3, -0.25) is 4.99 Å². The van der Waals surface area contributed by atoms with Crippen LogP contribution in [0.3, 0.4) is 0 Å². The second-order valence-corrected chi connectivity index (χ2v) is 2.38. The SMILES string of the molecule is CC1=C(C)[C@@H](C(=O)O)N=C1. The van der Waals surface area contributed by atoms with Crippen molar-refractivity contribution in [1.82, 2.24) is 0 Å². The minimum atomic E-state index is -0.870. The molecule has 0 saturated heterocycles. The first-order chi connectivity index (χ1) is 4.63. The average Bonchev–Trinajstić information content (AvgIpc) is 2.14. The van der Waals surface area contributed by atoms with Crippen molar-refractivity contribution in [2.24, 2.45) is 4.99 Å². The van der Waals surface area contributed by atoms with E-state index in [1.54, 1.807) is 13.1 Å². The van der Waals surface area contributed by atoms with Gasteiger partial charge in [0.15, 0.2) is 6.04 Å². The molecular weight excluding hydrogens is 130 g/mol. The van der Waals surface area contributed by atoms with Gasteiger partial charge in [0.1, 0.15) is 0 Å². The second kappa shape index (κ2) is 2.25. The molecule has 0 unspecified atom stereocenters. The fourth-order valence-electron chi connectivity index (χ4n) is 0.865. The molecule has 0 radical (unpaired) electrons. The van der Waals surface area contributed by atoms with E-state index in [0.717, 1.165) is 11.1 Å². The molecule has 1 heterocycles. The van der Waals surface area contributed by atoms with Gasteiger partial charge in [-0.1, -0.05) is 0 Å². The highest BCUT2D eigenvalue weighted by Gasteiger charge is 2.22. The van der Waals surface area contributed by atoms with E-state index >= 15 is 0 Å². The lowest BCUT2D eigenvalue weighted by Gasteiger charge is -2.01. The van der Waals surface area contributed by atoms with E-state index in [1.165, 1.54) is 0 Å². The fraction of sp³-hybridized carbons (Fsp3) is 0.429. The van der Waals surface area contributed by atoms with Crippen LogP contribution < -0.4 is 0 Å². The summed E-state index contributed by atoms with van der Waals surface area (Å²) in [4.78, 5) is 14.2. The zero-order valence-corrected chi connectivity index (χ0v) is 5.96. The first-order valence-electron chi connectivity index (χ1n) is 3.06. The van der Waals surface area contributed by atoms with Gasteiger partial charge in [-0.15, -0.1) is 0 Å². The third kappa shape index (κ3) is 0.943. The fourth-order valence-corrected chi connectivity index (χ4v) is 0.865. The number of aliphatic imine (C=N–C) groups is 1. The van der Waals surface area contributed by atoms with Gasteiger partial charge in [-0.25, -0.2) is 4.79 Å². The summed E-state index contributed by atoms with van der Waals surface area (Å²) in [7, 11) is 0. The molecule has 3 heteroatoms. The molecule has 0 aromatic rings. The Bertz CT molecular complexity index is 228. The van der Waals surface area contributed by atoms with E-state index in [0.29, 0.717) is 0 Å². The van der Waals surface area contributed by atoms with Crippen molar-refractivity contribution in [3.8, 4) is 0 Å². The summed E-state index contributed by atoms with van der Waals surface area (Å²) >= 11 is 0. The van der Waals surface area contributed by atoms with E-state index in [9.17, 15) is 4.79 Å². The molecule has 54 valence electrons. The zero-order chi connectivity index (χ0) is 7.72. The van der Waals surface area contributed by atoms with E-state index in [4.69, 9.17) is 5.11 Å². The van der Waals surface area contributed by atoms with Crippen molar-refractivity contribution in [3.05, 3.63) is 11.1 Å². The normalized spacial score (nSPS) is 24.0. The number of hydrogen-bond acceptors (Lipinski definition) is 2. The lowest BCUT2D eigenvalue weighted by atomic mass is 10.1. The predicted octanol–water partition coefficient (Wildman–Crippen LogP) is 0.860. The molecule has 0 aromatic heterocycles. The van der Waals surface area contributed by atoms with Crippen LogP contribution in [0, 0.1) is 0 Å². The number of allylic oxidation sites excluding steroid dienone is 1. The van der Waals surface area contributed by atoms with Crippen LogP contribution in [0.2, 0.25) is 0 Å². The Morgan fingerprint density at radius 1 is 1.70 bits per heavy atom. The minimum Gasteiger partial charge on any atom is -0.479 e. The maximum absolute atomic E-state index is 10.4. The van der Waals surface area contributed by atoms with E-state index in [1.807, 2.05) is 6.92 Å². The number of nitrogens with zero attached hydrogens (tertiary/aromatic N) is 1. The Kier molecular flexibility index (Phi) is 1.57. The Balaban J connectivity index is 2.88. The summed E-state index contributed by atoms with van der Waals surface area (Å²) in [6, 6.07) is -0.625. The number of hydrogen-bond donors (Lipinski definition) is 1. The van der Waals surface area contributed by atoms with Gasteiger partial charge < -0.3 is 5.11 Å². The van der Waals surface area contributed by atoms with Crippen LogP contribution in [0.25, 0.3) is 0 Å². The zero-order valence-electron chi connectivity index (χ0n) is 5.96. The van der Waals surface area contributed by atoms with Crippen molar-refractivity contribution in [3.63, 3.8) is 0 Å². The van der Waals surface area contributed by atoms with Gasteiger partial charge in [-0.2, -0.15) is 0 Å². The van der Waals surface area contributed by atoms with Gasteiger partial charge in [0.25, 0.3) is 0 Å². The lowest BCUT2D eigenvalue weighted by Crippen LogP contribution is -2.16. The smallest absolute Gasteiger partial charge is 0.332 e. The second-order valence-electron chi connectivity index (χ2n) is 2.38. The predicted molar refractivity (Wildman–Crippen MR) is 38.3 cm³/mol. The van der Waals surface area contributed by atoms with Gasteiger partial charge in [0.05, 0.1) is 0 Å². The maximum Gasteiger partial charge on any atom is 0.332 e. The molecule has 10 heavy (non-hydrogen) atoms. The van der Waals surface area contributed by atoms with Crippen molar-refractivity contribution in [2.75, 3.05) is 0 Å². The van der Waals surface area contributed by atoms with Crippen LogP contribution in [-0.4, -0.2) is 23.3 Å². The lowest BCUT2D eigenvalue weighted by molar-refractivity contribution is -0.137. The molecule has 0 aliphatic carbocycles. The molecule has 0 spiro atoms. The molecule has 1 aliphatic rings. The maximum atomic E-state index is 10.4. The van der Waals surface area contributed by atoms with E-state index < -0.39 is 12.0 Å². The first-order valence-corrected chi connectivity index (χ1v) is 3.06. The van der Waals surface area contributed by atoms with E-state index in [-0.39, 0.29) is 0 Å². The number of carbonyl (C=O) groups is 1. The number of carboxylic acid groups (broad SMARTS) is 1. The quantitative estimate of drug-likeness (QED) is 0.585. The van der Waals surface area contributed by atoms with Gasteiger partial charge in [-0.05, 0) is 25.0 Å². The molecular formula is C7H9NO2. The molecule has 0 bridgehead atoms. The first kappa shape index (κ1) is 6.99. The molecule has 1 rings (SSSR count). The molecule has 0 fully saturated rings. The molecule has 1 atom stereocenters. The summed E-state index contributed by atoms with van der Waals surface area (Å²) in [5.41, 5.74) is 1.81. The summed E-state index contributed by atoms with van der Waals surface area (Å²) in [6.07, 6.45) is 1.61. The standard InChI is InChI=1S/C7H9NO2/c1-4-3-8-6(5(4)2)7(9)10/h3,6H,1-2H3,(H,9,10)/t6-/m0/s1. The summed E-state index contributed by atoms with van der Waals surface area (Å²) in [5, 5.41) is 8.55. The topological polar surface area (TPSA) is 49.7 Å². The van der Waals surface area contributed by atoms with Crippen molar-refractivity contribution >= 4 is 12.2 Å². The summed E-state index contributed by atoms with van der Waals surface area (Å²) in [6.45, 7) is 3.66.